The summed E-state index contributed by atoms with van der Waals surface area (Å²) in [4.78, 5) is 0. The van der Waals surface area contributed by atoms with E-state index in [4.69, 9.17) is 4.74 Å². The number of fused-ring (bicyclic) bond motifs is 2. The van der Waals surface area contributed by atoms with Crippen LogP contribution in [0.2, 0.25) is 0 Å². The molecule has 110 valence electrons. The minimum absolute atomic E-state index is 0.0108. The van der Waals surface area contributed by atoms with Crippen molar-refractivity contribution in [3.63, 3.8) is 0 Å². The van der Waals surface area contributed by atoms with E-state index >= 15 is 0 Å². The van der Waals surface area contributed by atoms with E-state index in [1.165, 1.54) is 18.4 Å². The number of methoxy groups -OCH3 is 1. The van der Waals surface area contributed by atoms with Crippen molar-refractivity contribution in [2.75, 3.05) is 7.11 Å². The van der Waals surface area contributed by atoms with Crippen molar-refractivity contribution < 1.29 is 9.84 Å². The highest BCUT2D eigenvalue weighted by atomic mass is 16.5. The van der Waals surface area contributed by atoms with Gasteiger partial charge in [-0.05, 0) is 53.7 Å². The van der Waals surface area contributed by atoms with Crippen molar-refractivity contribution in [1.29, 1.82) is 0 Å². The first kappa shape index (κ1) is 13.9. The first-order valence-electron chi connectivity index (χ1n) is 7.68. The highest BCUT2D eigenvalue weighted by Gasteiger charge is 2.67. The fourth-order valence-corrected chi connectivity index (χ4v) is 4.87. The summed E-state index contributed by atoms with van der Waals surface area (Å²) in [5.41, 5.74) is 0.608. The van der Waals surface area contributed by atoms with Crippen LogP contribution >= 0.6 is 0 Å². The van der Waals surface area contributed by atoms with Crippen LogP contribution < -0.4 is 4.74 Å². The average Bonchev–Trinajstić information content (AvgIpc) is 2.87. The number of hydrogen-bond acceptors (Lipinski definition) is 2. The molecule has 2 fully saturated rings. The Kier molecular flexibility index (Phi) is 2.95. The number of ether oxygens (including phenoxy) is 1. The first-order chi connectivity index (χ1) is 9.32. The van der Waals surface area contributed by atoms with Gasteiger partial charge in [0, 0.05) is 6.42 Å². The topological polar surface area (TPSA) is 29.5 Å². The van der Waals surface area contributed by atoms with Crippen LogP contribution in [0.25, 0.3) is 0 Å². The molecule has 0 radical (unpaired) electrons. The molecule has 3 rings (SSSR count). The Hall–Kier alpha value is -1.02. The van der Waals surface area contributed by atoms with E-state index in [1.807, 2.05) is 12.1 Å². The SMILES string of the molecule is COc1cccc(CC2(O)C3(C)CCC(C3)C2(C)C)c1. The van der Waals surface area contributed by atoms with Crippen LogP contribution in [-0.2, 0) is 6.42 Å². The maximum Gasteiger partial charge on any atom is 0.119 e. The summed E-state index contributed by atoms with van der Waals surface area (Å²) < 4.78 is 5.31. The fraction of sp³-hybridized carbons (Fsp3) is 0.667. The van der Waals surface area contributed by atoms with Gasteiger partial charge in [-0.3, -0.25) is 0 Å². The molecule has 2 saturated carbocycles. The van der Waals surface area contributed by atoms with Gasteiger partial charge in [0.05, 0.1) is 12.7 Å². The molecule has 0 saturated heterocycles. The monoisotopic (exact) mass is 274 g/mol. The minimum Gasteiger partial charge on any atom is -0.497 e. The zero-order valence-corrected chi connectivity index (χ0v) is 13.1. The van der Waals surface area contributed by atoms with Gasteiger partial charge in [0.2, 0.25) is 0 Å². The van der Waals surface area contributed by atoms with Crippen LogP contribution in [-0.4, -0.2) is 17.8 Å². The van der Waals surface area contributed by atoms with Crippen molar-refractivity contribution in [2.24, 2.45) is 16.7 Å². The third-order valence-corrected chi connectivity index (χ3v) is 6.42. The van der Waals surface area contributed by atoms with Crippen LogP contribution in [0.5, 0.6) is 5.75 Å². The summed E-state index contributed by atoms with van der Waals surface area (Å²) >= 11 is 0. The van der Waals surface area contributed by atoms with Crippen LogP contribution in [0.4, 0.5) is 0 Å². The fourth-order valence-electron chi connectivity index (χ4n) is 4.87. The number of benzene rings is 1. The van der Waals surface area contributed by atoms with Gasteiger partial charge in [0.15, 0.2) is 0 Å². The van der Waals surface area contributed by atoms with Crippen LogP contribution in [0.1, 0.15) is 45.6 Å². The Morgan fingerprint density at radius 3 is 2.65 bits per heavy atom. The Morgan fingerprint density at radius 1 is 1.30 bits per heavy atom. The average molecular weight is 274 g/mol. The van der Waals surface area contributed by atoms with Gasteiger partial charge >= 0.3 is 0 Å². The van der Waals surface area contributed by atoms with E-state index < -0.39 is 5.60 Å². The Bertz CT molecular complexity index is 515. The van der Waals surface area contributed by atoms with Crippen molar-refractivity contribution in [3.8, 4) is 5.75 Å². The molecule has 1 aromatic carbocycles. The lowest BCUT2D eigenvalue weighted by molar-refractivity contribution is -0.141. The molecule has 0 spiro atoms. The third-order valence-electron chi connectivity index (χ3n) is 6.42. The van der Waals surface area contributed by atoms with Crippen molar-refractivity contribution in [1.82, 2.24) is 0 Å². The normalized spacial score (nSPS) is 38.1. The highest BCUT2D eigenvalue weighted by Crippen LogP contribution is 2.68. The van der Waals surface area contributed by atoms with Crippen LogP contribution in [0, 0.1) is 16.7 Å². The molecule has 20 heavy (non-hydrogen) atoms. The van der Waals surface area contributed by atoms with Gasteiger partial charge in [-0.2, -0.15) is 0 Å². The second kappa shape index (κ2) is 4.24. The quantitative estimate of drug-likeness (QED) is 0.908. The van der Waals surface area contributed by atoms with Crippen molar-refractivity contribution >= 4 is 0 Å². The summed E-state index contributed by atoms with van der Waals surface area (Å²) in [7, 11) is 1.69. The number of aliphatic hydroxyl groups is 1. The Morgan fingerprint density at radius 2 is 2.05 bits per heavy atom. The molecular formula is C18H26O2. The first-order valence-corrected chi connectivity index (χ1v) is 7.68. The summed E-state index contributed by atoms with van der Waals surface area (Å²) in [5, 5.41) is 11.5. The summed E-state index contributed by atoms with van der Waals surface area (Å²) in [6, 6.07) is 8.14. The molecule has 3 unspecified atom stereocenters. The summed E-state index contributed by atoms with van der Waals surface area (Å²) in [6.07, 6.45) is 4.32. The number of hydrogen-bond donors (Lipinski definition) is 1. The molecule has 2 aliphatic rings. The number of rotatable bonds is 3. The molecule has 2 heteroatoms. The van der Waals surface area contributed by atoms with Gasteiger partial charge in [-0.15, -0.1) is 0 Å². The lowest BCUT2D eigenvalue weighted by Crippen LogP contribution is -2.55. The molecule has 2 aliphatic carbocycles. The molecule has 0 aromatic heterocycles. The molecule has 1 N–H and O–H groups in total. The van der Waals surface area contributed by atoms with E-state index in [-0.39, 0.29) is 10.8 Å². The van der Waals surface area contributed by atoms with Crippen molar-refractivity contribution in [2.45, 2.75) is 52.1 Å². The molecule has 0 amide bonds. The lowest BCUT2D eigenvalue weighted by Gasteiger charge is -2.51. The van der Waals surface area contributed by atoms with E-state index in [9.17, 15) is 5.11 Å². The van der Waals surface area contributed by atoms with Crippen molar-refractivity contribution in [3.05, 3.63) is 29.8 Å². The lowest BCUT2D eigenvalue weighted by atomic mass is 9.58. The van der Waals surface area contributed by atoms with Crippen LogP contribution in [0.15, 0.2) is 24.3 Å². The van der Waals surface area contributed by atoms with E-state index in [2.05, 4.69) is 32.9 Å². The van der Waals surface area contributed by atoms with Crippen LogP contribution in [0.3, 0.4) is 0 Å². The largest absolute Gasteiger partial charge is 0.497 e. The molecule has 2 nitrogen and oxygen atoms in total. The molecular weight excluding hydrogens is 248 g/mol. The standard InChI is InChI=1S/C18H26O2/c1-16(2)14-8-9-17(3,12-14)18(16,19)11-13-6-5-7-15(10-13)20-4/h5-7,10,14,19H,8-9,11-12H2,1-4H3. The summed E-state index contributed by atoms with van der Waals surface area (Å²) in [6.45, 7) is 6.78. The Balaban J connectivity index is 1.95. The molecule has 0 aliphatic heterocycles. The summed E-state index contributed by atoms with van der Waals surface area (Å²) in [5.74, 6) is 1.53. The molecule has 3 atom stereocenters. The van der Waals surface area contributed by atoms with Gasteiger partial charge in [0.25, 0.3) is 0 Å². The zero-order valence-electron chi connectivity index (χ0n) is 13.1. The second-order valence-corrected chi connectivity index (χ2v) is 7.61. The molecule has 2 bridgehead atoms. The predicted octanol–water partition coefficient (Wildman–Crippen LogP) is 3.82. The smallest absolute Gasteiger partial charge is 0.119 e. The third kappa shape index (κ3) is 1.67. The Labute approximate surface area is 122 Å². The van der Waals surface area contributed by atoms with Gasteiger partial charge in [-0.1, -0.05) is 32.9 Å². The van der Waals surface area contributed by atoms with Gasteiger partial charge in [-0.25, -0.2) is 0 Å². The van der Waals surface area contributed by atoms with E-state index in [1.54, 1.807) is 7.11 Å². The minimum atomic E-state index is -0.616. The zero-order chi connectivity index (χ0) is 14.6. The van der Waals surface area contributed by atoms with Gasteiger partial charge in [0.1, 0.15) is 5.75 Å². The molecule has 1 aromatic rings. The van der Waals surface area contributed by atoms with E-state index in [0.29, 0.717) is 5.92 Å². The maximum absolute atomic E-state index is 11.5. The second-order valence-electron chi connectivity index (χ2n) is 7.61. The predicted molar refractivity (Wildman–Crippen MR) is 80.9 cm³/mol. The molecule has 0 heterocycles. The van der Waals surface area contributed by atoms with Gasteiger partial charge < -0.3 is 9.84 Å². The highest BCUT2D eigenvalue weighted by molar-refractivity contribution is 5.32. The van der Waals surface area contributed by atoms with E-state index in [0.717, 1.165) is 18.6 Å². The maximum atomic E-state index is 11.5.